The Bertz CT molecular complexity index is 640. The van der Waals surface area contributed by atoms with Gasteiger partial charge in [-0.05, 0) is 31.0 Å². The number of piperidine rings is 1. The molecule has 1 aliphatic heterocycles. The van der Waals surface area contributed by atoms with Crippen molar-refractivity contribution in [1.82, 2.24) is 10.2 Å². The summed E-state index contributed by atoms with van der Waals surface area (Å²) in [7, 11) is 0. The first kappa shape index (κ1) is 20.6. The van der Waals surface area contributed by atoms with Crippen LogP contribution in [0.4, 0.5) is 13.2 Å². The van der Waals surface area contributed by atoms with Crippen molar-refractivity contribution in [2.75, 3.05) is 31.9 Å². The van der Waals surface area contributed by atoms with Crippen LogP contribution in [0.15, 0.2) is 29.2 Å². The number of halogens is 3. The molecule has 0 bridgehead atoms. The minimum atomic E-state index is -4.41. The van der Waals surface area contributed by atoms with Crippen molar-refractivity contribution >= 4 is 23.6 Å². The van der Waals surface area contributed by atoms with Gasteiger partial charge in [-0.15, -0.1) is 11.8 Å². The lowest BCUT2D eigenvalue weighted by molar-refractivity contribution is -0.138. The standard InChI is InChI=1S/C17H22F3N3O2S/c18-17(19,20)13-4-1-5-14(9-13)26-11-15(24)23-8-2-3-12(10-23)16(25)22-7-6-21/h1,4-5,9,12H,2-3,6-8,10-11,21H2,(H,22,25). The molecule has 1 aliphatic rings. The molecule has 0 saturated carbocycles. The topological polar surface area (TPSA) is 75.4 Å². The molecule has 144 valence electrons. The number of hydrogen-bond donors (Lipinski definition) is 2. The van der Waals surface area contributed by atoms with E-state index < -0.39 is 11.7 Å². The van der Waals surface area contributed by atoms with Gasteiger partial charge in [0.1, 0.15) is 0 Å². The third-order valence-electron chi connectivity index (χ3n) is 4.11. The molecular formula is C17H22F3N3O2S. The summed E-state index contributed by atoms with van der Waals surface area (Å²) >= 11 is 1.07. The molecule has 1 atom stereocenters. The molecule has 26 heavy (non-hydrogen) atoms. The summed E-state index contributed by atoms with van der Waals surface area (Å²) < 4.78 is 38.2. The Morgan fingerprint density at radius 1 is 1.35 bits per heavy atom. The van der Waals surface area contributed by atoms with Gasteiger partial charge in [-0.25, -0.2) is 0 Å². The molecule has 1 fully saturated rings. The Kier molecular flexibility index (Phi) is 7.33. The van der Waals surface area contributed by atoms with Gasteiger partial charge in [0, 0.05) is 31.1 Å². The second-order valence-corrected chi connectivity index (χ2v) is 7.12. The molecular weight excluding hydrogens is 367 g/mol. The van der Waals surface area contributed by atoms with Gasteiger partial charge in [-0.2, -0.15) is 13.2 Å². The van der Waals surface area contributed by atoms with Gasteiger partial charge in [0.2, 0.25) is 11.8 Å². The number of nitrogens with one attached hydrogen (secondary N) is 1. The first-order chi connectivity index (χ1) is 12.3. The Labute approximate surface area is 154 Å². The van der Waals surface area contributed by atoms with E-state index in [4.69, 9.17) is 5.73 Å². The van der Waals surface area contributed by atoms with Crippen LogP contribution in [-0.2, 0) is 15.8 Å². The lowest BCUT2D eigenvalue weighted by atomic mass is 9.97. The summed E-state index contributed by atoms with van der Waals surface area (Å²) in [6.07, 6.45) is -2.97. The van der Waals surface area contributed by atoms with E-state index in [2.05, 4.69) is 5.32 Å². The first-order valence-electron chi connectivity index (χ1n) is 8.37. The summed E-state index contributed by atoms with van der Waals surface area (Å²) in [5.41, 5.74) is 4.63. The summed E-state index contributed by atoms with van der Waals surface area (Å²) in [5.74, 6) is -0.515. The highest BCUT2D eigenvalue weighted by molar-refractivity contribution is 8.00. The molecule has 9 heteroatoms. The summed E-state index contributed by atoms with van der Waals surface area (Å²) in [4.78, 5) is 26.4. The highest BCUT2D eigenvalue weighted by Crippen LogP contribution is 2.32. The largest absolute Gasteiger partial charge is 0.416 e. The van der Waals surface area contributed by atoms with Crippen molar-refractivity contribution in [2.24, 2.45) is 11.7 Å². The molecule has 1 aromatic rings. The lowest BCUT2D eigenvalue weighted by Gasteiger charge is -2.32. The molecule has 1 saturated heterocycles. The van der Waals surface area contributed by atoms with Gasteiger partial charge in [0.15, 0.2) is 0 Å². The van der Waals surface area contributed by atoms with Crippen LogP contribution in [-0.4, -0.2) is 48.6 Å². The number of nitrogens with two attached hydrogens (primary N) is 1. The van der Waals surface area contributed by atoms with E-state index in [0.717, 1.165) is 30.3 Å². The Morgan fingerprint density at radius 3 is 2.81 bits per heavy atom. The molecule has 2 amide bonds. The van der Waals surface area contributed by atoms with Crippen molar-refractivity contribution < 1.29 is 22.8 Å². The van der Waals surface area contributed by atoms with E-state index >= 15 is 0 Å². The average molecular weight is 389 g/mol. The van der Waals surface area contributed by atoms with E-state index in [1.165, 1.54) is 6.07 Å². The van der Waals surface area contributed by atoms with Crippen molar-refractivity contribution in [2.45, 2.75) is 23.9 Å². The maximum atomic E-state index is 12.7. The molecule has 2 rings (SSSR count). The zero-order valence-electron chi connectivity index (χ0n) is 14.2. The molecule has 0 spiro atoms. The van der Waals surface area contributed by atoms with Crippen molar-refractivity contribution in [3.05, 3.63) is 29.8 Å². The monoisotopic (exact) mass is 389 g/mol. The summed E-state index contributed by atoms with van der Waals surface area (Å²) in [6.45, 7) is 1.64. The normalized spacial score (nSPS) is 17.8. The number of carbonyl (C=O) groups excluding carboxylic acids is 2. The molecule has 1 heterocycles. The predicted molar refractivity (Wildman–Crippen MR) is 93.5 cm³/mol. The van der Waals surface area contributed by atoms with Crippen LogP contribution in [0.5, 0.6) is 0 Å². The smallest absolute Gasteiger partial charge is 0.355 e. The highest BCUT2D eigenvalue weighted by Gasteiger charge is 2.31. The lowest BCUT2D eigenvalue weighted by Crippen LogP contribution is -2.46. The van der Waals surface area contributed by atoms with E-state index in [0.29, 0.717) is 37.5 Å². The zero-order valence-corrected chi connectivity index (χ0v) is 15.0. The molecule has 0 radical (unpaired) electrons. The number of benzene rings is 1. The Balaban J connectivity index is 1.88. The second kappa shape index (κ2) is 9.27. The number of hydrogen-bond acceptors (Lipinski definition) is 4. The van der Waals surface area contributed by atoms with Gasteiger partial charge < -0.3 is 16.0 Å². The number of amides is 2. The predicted octanol–water partition coefficient (Wildman–Crippen LogP) is 2.11. The van der Waals surface area contributed by atoms with Crippen LogP contribution in [0.3, 0.4) is 0 Å². The van der Waals surface area contributed by atoms with Crippen LogP contribution in [0.1, 0.15) is 18.4 Å². The minimum Gasteiger partial charge on any atom is -0.355 e. The molecule has 0 aliphatic carbocycles. The van der Waals surface area contributed by atoms with E-state index in [-0.39, 0.29) is 23.5 Å². The number of likely N-dealkylation sites (tertiary alicyclic amines) is 1. The minimum absolute atomic E-state index is 0.0401. The van der Waals surface area contributed by atoms with Crippen molar-refractivity contribution in [1.29, 1.82) is 0 Å². The van der Waals surface area contributed by atoms with Crippen LogP contribution >= 0.6 is 11.8 Å². The van der Waals surface area contributed by atoms with Crippen molar-refractivity contribution in [3.63, 3.8) is 0 Å². The van der Waals surface area contributed by atoms with Crippen LogP contribution in [0, 0.1) is 5.92 Å². The van der Waals surface area contributed by atoms with Gasteiger partial charge in [0.25, 0.3) is 0 Å². The molecule has 1 aromatic carbocycles. The quantitative estimate of drug-likeness (QED) is 0.731. The fourth-order valence-corrected chi connectivity index (χ4v) is 3.61. The van der Waals surface area contributed by atoms with Crippen molar-refractivity contribution in [3.8, 4) is 0 Å². The second-order valence-electron chi connectivity index (χ2n) is 6.07. The first-order valence-corrected chi connectivity index (χ1v) is 9.35. The van der Waals surface area contributed by atoms with Gasteiger partial charge in [-0.1, -0.05) is 6.07 Å². The molecule has 0 aromatic heterocycles. The third kappa shape index (κ3) is 5.91. The maximum Gasteiger partial charge on any atom is 0.416 e. The van der Waals surface area contributed by atoms with Crippen LogP contribution in [0.2, 0.25) is 0 Å². The summed E-state index contributed by atoms with van der Waals surface area (Å²) in [5, 5.41) is 2.73. The van der Waals surface area contributed by atoms with E-state index in [1.807, 2.05) is 0 Å². The number of nitrogens with zero attached hydrogens (tertiary/aromatic N) is 1. The van der Waals surface area contributed by atoms with E-state index in [9.17, 15) is 22.8 Å². The van der Waals surface area contributed by atoms with Crippen LogP contribution < -0.4 is 11.1 Å². The summed E-state index contributed by atoms with van der Waals surface area (Å²) in [6, 6.07) is 4.92. The van der Waals surface area contributed by atoms with Gasteiger partial charge in [0.05, 0.1) is 17.2 Å². The molecule has 3 N–H and O–H groups in total. The molecule has 1 unspecified atom stereocenters. The number of thioether (sulfide) groups is 1. The maximum absolute atomic E-state index is 12.7. The Hall–Kier alpha value is -1.74. The average Bonchev–Trinajstić information content (AvgIpc) is 2.63. The highest BCUT2D eigenvalue weighted by atomic mass is 32.2. The number of rotatable bonds is 6. The van der Waals surface area contributed by atoms with Gasteiger partial charge in [-0.3, -0.25) is 9.59 Å². The Morgan fingerprint density at radius 2 is 2.12 bits per heavy atom. The fraction of sp³-hybridized carbons (Fsp3) is 0.529. The third-order valence-corrected chi connectivity index (χ3v) is 5.09. The van der Waals surface area contributed by atoms with E-state index in [1.54, 1.807) is 11.0 Å². The van der Waals surface area contributed by atoms with Gasteiger partial charge >= 0.3 is 6.18 Å². The molecule has 5 nitrogen and oxygen atoms in total. The fourth-order valence-electron chi connectivity index (χ4n) is 2.76. The van der Waals surface area contributed by atoms with Crippen LogP contribution in [0.25, 0.3) is 0 Å². The number of carbonyl (C=O) groups is 2. The SMILES string of the molecule is NCCNC(=O)C1CCCN(C(=O)CSc2cccc(C(F)(F)F)c2)C1. The number of alkyl halides is 3. The zero-order chi connectivity index (χ0) is 19.2.